The molecule has 1 N–H and O–H groups in total. The predicted molar refractivity (Wildman–Crippen MR) is 83.4 cm³/mol. The molecule has 0 aliphatic carbocycles. The minimum atomic E-state index is 0.446. The Hall–Kier alpha value is -2.27. The second-order valence-corrected chi connectivity index (χ2v) is 5.42. The first-order valence-electron chi connectivity index (χ1n) is 7.13. The Morgan fingerprint density at radius 1 is 1.19 bits per heavy atom. The van der Waals surface area contributed by atoms with Gasteiger partial charge in [-0.05, 0) is 19.1 Å². The molecule has 2 aromatic heterocycles. The number of benzene rings is 1. The average molecular weight is 281 g/mol. The lowest BCUT2D eigenvalue weighted by Crippen LogP contribution is -2.22. The van der Waals surface area contributed by atoms with E-state index in [1.807, 2.05) is 42.0 Å². The summed E-state index contributed by atoms with van der Waals surface area (Å²) in [7, 11) is 0. The van der Waals surface area contributed by atoms with Crippen molar-refractivity contribution in [3.63, 3.8) is 0 Å². The van der Waals surface area contributed by atoms with E-state index in [0.29, 0.717) is 12.0 Å². The van der Waals surface area contributed by atoms with Crippen LogP contribution in [0.5, 0.6) is 0 Å². The molecule has 0 saturated carbocycles. The molecular formula is C16H19N5. The number of nitrogens with one attached hydrogen (secondary N) is 1. The van der Waals surface area contributed by atoms with Crippen LogP contribution in [0.25, 0.3) is 17.0 Å². The molecule has 108 valence electrons. The first-order chi connectivity index (χ1) is 10.1. The summed E-state index contributed by atoms with van der Waals surface area (Å²) in [5.74, 6) is 0.662. The van der Waals surface area contributed by atoms with Crippen molar-refractivity contribution in [3.05, 3.63) is 48.0 Å². The molecule has 1 aromatic carbocycles. The summed E-state index contributed by atoms with van der Waals surface area (Å²) in [5, 5.41) is 3.39. The van der Waals surface area contributed by atoms with Gasteiger partial charge in [-0.2, -0.15) is 0 Å². The second-order valence-electron chi connectivity index (χ2n) is 5.42. The molecule has 0 atom stereocenters. The molecule has 3 aromatic rings. The van der Waals surface area contributed by atoms with Crippen LogP contribution in [0, 0.1) is 6.92 Å². The van der Waals surface area contributed by atoms with E-state index in [0.717, 1.165) is 28.8 Å². The first kappa shape index (κ1) is 13.7. The summed E-state index contributed by atoms with van der Waals surface area (Å²) in [6.45, 7) is 7.06. The van der Waals surface area contributed by atoms with Gasteiger partial charge in [0.1, 0.15) is 6.33 Å². The summed E-state index contributed by atoms with van der Waals surface area (Å²) in [5.41, 5.74) is 4.08. The third kappa shape index (κ3) is 2.78. The normalized spacial score (nSPS) is 11.4. The van der Waals surface area contributed by atoms with Gasteiger partial charge in [-0.15, -0.1) is 0 Å². The Kier molecular flexibility index (Phi) is 3.66. The van der Waals surface area contributed by atoms with Gasteiger partial charge in [0, 0.05) is 30.0 Å². The fraction of sp³-hybridized carbons (Fsp3) is 0.312. The fourth-order valence-corrected chi connectivity index (χ4v) is 2.20. The number of hydrogen-bond acceptors (Lipinski definition) is 4. The molecule has 0 unspecified atom stereocenters. The standard InChI is InChI=1S/C16H19N5/c1-11(2)17-8-13-9-18-16(20-12(13)3)21-10-19-14-6-4-5-7-15(14)21/h4-7,9-11,17H,8H2,1-3H3. The van der Waals surface area contributed by atoms with Crippen molar-refractivity contribution in [1.29, 1.82) is 0 Å². The van der Waals surface area contributed by atoms with Crippen LogP contribution in [0.4, 0.5) is 0 Å². The van der Waals surface area contributed by atoms with Gasteiger partial charge >= 0.3 is 0 Å². The molecule has 5 heteroatoms. The van der Waals surface area contributed by atoms with E-state index in [2.05, 4.69) is 34.1 Å². The molecule has 3 rings (SSSR count). The Bertz CT molecular complexity index is 760. The monoisotopic (exact) mass is 281 g/mol. The van der Waals surface area contributed by atoms with Crippen LogP contribution in [0.1, 0.15) is 25.1 Å². The molecule has 0 amide bonds. The fourth-order valence-electron chi connectivity index (χ4n) is 2.20. The first-order valence-corrected chi connectivity index (χ1v) is 7.13. The number of rotatable bonds is 4. The van der Waals surface area contributed by atoms with Gasteiger partial charge in [0.25, 0.3) is 0 Å². The third-order valence-corrected chi connectivity index (χ3v) is 3.44. The highest BCUT2D eigenvalue weighted by molar-refractivity contribution is 5.76. The molecule has 0 bridgehead atoms. The molecule has 0 fully saturated rings. The SMILES string of the molecule is Cc1nc(-n2cnc3ccccc32)ncc1CNC(C)C. The highest BCUT2D eigenvalue weighted by Gasteiger charge is 2.09. The molecule has 2 heterocycles. The molecule has 0 spiro atoms. The highest BCUT2D eigenvalue weighted by Crippen LogP contribution is 2.16. The van der Waals surface area contributed by atoms with E-state index in [9.17, 15) is 0 Å². The summed E-state index contributed by atoms with van der Waals surface area (Å²) in [6, 6.07) is 8.43. The number of para-hydroxylation sites is 2. The smallest absolute Gasteiger partial charge is 0.235 e. The van der Waals surface area contributed by atoms with Crippen LogP contribution in [0.15, 0.2) is 36.8 Å². The zero-order chi connectivity index (χ0) is 14.8. The lowest BCUT2D eigenvalue weighted by Gasteiger charge is -2.11. The van der Waals surface area contributed by atoms with Crippen LogP contribution in [0.2, 0.25) is 0 Å². The summed E-state index contributed by atoms with van der Waals surface area (Å²) in [4.78, 5) is 13.5. The van der Waals surface area contributed by atoms with Crippen LogP contribution in [0.3, 0.4) is 0 Å². The van der Waals surface area contributed by atoms with Crippen molar-refractivity contribution in [2.24, 2.45) is 0 Å². The van der Waals surface area contributed by atoms with Crippen molar-refractivity contribution in [2.75, 3.05) is 0 Å². The van der Waals surface area contributed by atoms with Gasteiger partial charge < -0.3 is 5.32 Å². The van der Waals surface area contributed by atoms with E-state index in [1.165, 1.54) is 0 Å². The van der Waals surface area contributed by atoms with E-state index in [-0.39, 0.29) is 0 Å². The van der Waals surface area contributed by atoms with Crippen molar-refractivity contribution < 1.29 is 0 Å². The van der Waals surface area contributed by atoms with E-state index in [1.54, 1.807) is 6.33 Å². The van der Waals surface area contributed by atoms with Crippen LogP contribution >= 0.6 is 0 Å². The van der Waals surface area contributed by atoms with Gasteiger partial charge in [0.2, 0.25) is 5.95 Å². The number of nitrogens with zero attached hydrogens (tertiary/aromatic N) is 4. The Labute approximate surface area is 124 Å². The van der Waals surface area contributed by atoms with Crippen LogP contribution < -0.4 is 5.32 Å². The maximum absolute atomic E-state index is 4.62. The average Bonchev–Trinajstić information content (AvgIpc) is 2.89. The minimum Gasteiger partial charge on any atom is -0.310 e. The molecule has 0 aliphatic heterocycles. The quantitative estimate of drug-likeness (QED) is 0.798. The predicted octanol–water partition coefficient (Wildman–Crippen LogP) is 2.62. The Balaban J connectivity index is 1.95. The highest BCUT2D eigenvalue weighted by atomic mass is 15.2. The topological polar surface area (TPSA) is 55.6 Å². The van der Waals surface area contributed by atoms with Gasteiger partial charge in [-0.3, -0.25) is 4.57 Å². The Morgan fingerprint density at radius 3 is 2.76 bits per heavy atom. The number of fused-ring (bicyclic) bond motifs is 1. The zero-order valence-corrected chi connectivity index (χ0v) is 12.5. The minimum absolute atomic E-state index is 0.446. The van der Waals surface area contributed by atoms with Gasteiger partial charge in [-0.25, -0.2) is 15.0 Å². The zero-order valence-electron chi connectivity index (χ0n) is 12.5. The van der Waals surface area contributed by atoms with Gasteiger partial charge in [-0.1, -0.05) is 26.0 Å². The summed E-state index contributed by atoms with van der Waals surface area (Å²) >= 11 is 0. The second kappa shape index (κ2) is 5.61. The summed E-state index contributed by atoms with van der Waals surface area (Å²) < 4.78 is 1.92. The molecule has 21 heavy (non-hydrogen) atoms. The van der Waals surface area contributed by atoms with Crippen LogP contribution in [-0.4, -0.2) is 25.6 Å². The molecule has 0 saturated heterocycles. The molecule has 0 radical (unpaired) electrons. The van der Waals surface area contributed by atoms with Crippen LogP contribution in [-0.2, 0) is 6.54 Å². The maximum atomic E-state index is 4.62. The van der Waals surface area contributed by atoms with Crippen molar-refractivity contribution in [2.45, 2.75) is 33.4 Å². The molecule has 0 aliphatic rings. The molecular weight excluding hydrogens is 262 g/mol. The van der Waals surface area contributed by atoms with Crippen molar-refractivity contribution in [1.82, 2.24) is 24.8 Å². The summed E-state index contributed by atoms with van der Waals surface area (Å²) in [6.07, 6.45) is 3.66. The third-order valence-electron chi connectivity index (χ3n) is 3.44. The van der Waals surface area contributed by atoms with Crippen molar-refractivity contribution in [3.8, 4) is 5.95 Å². The van der Waals surface area contributed by atoms with Crippen molar-refractivity contribution >= 4 is 11.0 Å². The number of aryl methyl sites for hydroxylation is 1. The Morgan fingerprint density at radius 2 is 2.00 bits per heavy atom. The largest absolute Gasteiger partial charge is 0.310 e. The number of hydrogen-bond donors (Lipinski definition) is 1. The van der Waals surface area contributed by atoms with E-state index < -0.39 is 0 Å². The lowest BCUT2D eigenvalue weighted by atomic mass is 10.2. The van der Waals surface area contributed by atoms with E-state index in [4.69, 9.17) is 0 Å². The maximum Gasteiger partial charge on any atom is 0.235 e. The van der Waals surface area contributed by atoms with Gasteiger partial charge in [0.15, 0.2) is 0 Å². The van der Waals surface area contributed by atoms with Gasteiger partial charge in [0.05, 0.1) is 11.0 Å². The lowest BCUT2D eigenvalue weighted by molar-refractivity contribution is 0.584. The number of imidazole rings is 1. The number of aromatic nitrogens is 4. The van der Waals surface area contributed by atoms with E-state index >= 15 is 0 Å². The molecule has 5 nitrogen and oxygen atoms in total.